The van der Waals surface area contributed by atoms with Crippen LogP contribution in [0.5, 0.6) is 5.75 Å². The maximum absolute atomic E-state index is 13.6. The Morgan fingerprint density at radius 2 is 2.27 bits per heavy atom. The van der Waals surface area contributed by atoms with Crippen LogP contribution < -0.4 is 4.74 Å². The zero-order valence-corrected chi connectivity index (χ0v) is 11.9. The Morgan fingerprint density at radius 1 is 1.50 bits per heavy atom. The highest BCUT2D eigenvalue weighted by Crippen LogP contribution is 2.24. The molecule has 1 saturated heterocycles. The first kappa shape index (κ1) is 14.5. The summed E-state index contributed by atoms with van der Waals surface area (Å²) in [7, 11) is 1.37. The van der Waals surface area contributed by atoms with Crippen LogP contribution in [0.3, 0.4) is 0 Å². The number of likely N-dealkylation sites (tertiary alicyclic amines) is 1. The molecular weight excluding hydrogens is 291 g/mol. The van der Waals surface area contributed by atoms with E-state index in [-0.39, 0.29) is 29.9 Å². The first-order chi connectivity index (χ1) is 10.6. The van der Waals surface area contributed by atoms with Crippen molar-refractivity contribution in [3.63, 3.8) is 0 Å². The number of methoxy groups -OCH3 is 1. The van der Waals surface area contributed by atoms with E-state index in [0.717, 1.165) is 0 Å². The number of benzene rings is 1. The van der Waals surface area contributed by atoms with Gasteiger partial charge in [-0.1, -0.05) is 5.21 Å². The molecule has 1 aliphatic heterocycles. The van der Waals surface area contributed by atoms with Gasteiger partial charge in [0, 0.05) is 18.7 Å². The van der Waals surface area contributed by atoms with E-state index in [2.05, 4.69) is 10.3 Å². The van der Waals surface area contributed by atoms with Gasteiger partial charge in [0.1, 0.15) is 5.69 Å². The SMILES string of the molecule is COc1ccc(C(=O)N2CC(n3cc(CO)nn3)C2)cc1F. The highest BCUT2D eigenvalue weighted by atomic mass is 19.1. The summed E-state index contributed by atoms with van der Waals surface area (Å²) in [6.07, 6.45) is 1.65. The second kappa shape index (κ2) is 5.72. The maximum Gasteiger partial charge on any atom is 0.254 e. The normalized spacial score (nSPS) is 14.8. The van der Waals surface area contributed by atoms with Crippen LogP contribution in [-0.4, -0.2) is 51.1 Å². The number of nitrogens with zero attached hydrogens (tertiary/aromatic N) is 4. The van der Waals surface area contributed by atoms with Crippen LogP contribution >= 0.6 is 0 Å². The first-order valence-electron chi connectivity index (χ1n) is 6.76. The van der Waals surface area contributed by atoms with Gasteiger partial charge in [-0.15, -0.1) is 5.10 Å². The smallest absolute Gasteiger partial charge is 0.254 e. The molecule has 1 amide bonds. The van der Waals surface area contributed by atoms with E-state index < -0.39 is 5.82 Å². The summed E-state index contributed by atoms with van der Waals surface area (Å²) in [4.78, 5) is 13.9. The molecule has 0 atom stereocenters. The van der Waals surface area contributed by atoms with E-state index in [9.17, 15) is 9.18 Å². The molecule has 2 heterocycles. The third-order valence-electron chi connectivity index (χ3n) is 3.64. The monoisotopic (exact) mass is 306 g/mol. The molecule has 1 aliphatic rings. The summed E-state index contributed by atoms with van der Waals surface area (Å²) in [6.45, 7) is 0.780. The minimum atomic E-state index is -0.561. The van der Waals surface area contributed by atoms with Gasteiger partial charge in [0.15, 0.2) is 11.6 Å². The van der Waals surface area contributed by atoms with E-state index in [4.69, 9.17) is 9.84 Å². The molecule has 3 rings (SSSR count). The van der Waals surface area contributed by atoms with Gasteiger partial charge in [0.25, 0.3) is 5.91 Å². The van der Waals surface area contributed by atoms with Crippen molar-refractivity contribution in [3.05, 3.63) is 41.5 Å². The fraction of sp³-hybridized carbons (Fsp3) is 0.357. The average molecular weight is 306 g/mol. The Balaban J connectivity index is 1.64. The van der Waals surface area contributed by atoms with Gasteiger partial charge in [-0.3, -0.25) is 4.79 Å². The number of aromatic nitrogens is 3. The molecule has 116 valence electrons. The molecule has 7 nitrogen and oxygen atoms in total. The lowest BCUT2D eigenvalue weighted by Crippen LogP contribution is -2.50. The van der Waals surface area contributed by atoms with Crippen LogP contribution in [0.25, 0.3) is 0 Å². The van der Waals surface area contributed by atoms with E-state index in [0.29, 0.717) is 18.8 Å². The molecule has 1 N–H and O–H groups in total. The second-order valence-electron chi connectivity index (χ2n) is 5.06. The summed E-state index contributed by atoms with van der Waals surface area (Å²) in [5, 5.41) is 16.7. The number of ether oxygens (including phenoxy) is 1. The highest BCUT2D eigenvalue weighted by Gasteiger charge is 2.33. The minimum Gasteiger partial charge on any atom is -0.494 e. The number of aliphatic hydroxyl groups is 1. The van der Waals surface area contributed by atoms with Crippen LogP contribution in [0.4, 0.5) is 4.39 Å². The lowest BCUT2D eigenvalue weighted by molar-refractivity contribution is 0.0498. The van der Waals surface area contributed by atoms with Crippen molar-refractivity contribution in [2.75, 3.05) is 20.2 Å². The van der Waals surface area contributed by atoms with Gasteiger partial charge in [-0.25, -0.2) is 9.07 Å². The molecule has 1 aromatic heterocycles. The minimum absolute atomic E-state index is 0.0276. The van der Waals surface area contributed by atoms with Crippen molar-refractivity contribution in [2.45, 2.75) is 12.6 Å². The molecule has 2 aromatic rings. The second-order valence-corrected chi connectivity index (χ2v) is 5.06. The van der Waals surface area contributed by atoms with Crippen LogP contribution in [0.15, 0.2) is 24.4 Å². The van der Waals surface area contributed by atoms with Gasteiger partial charge >= 0.3 is 0 Å². The number of hydrogen-bond acceptors (Lipinski definition) is 5. The Kier molecular flexibility index (Phi) is 3.76. The van der Waals surface area contributed by atoms with Gasteiger partial charge in [-0.2, -0.15) is 0 Å². The lowest BCUT2D eigenvalue weighted by Gasteiger charge is -2.38. The lowest BCUT2D eigenvalue weighted by atomic mass is 10.1. The number of halogens is 1. The quantitative estimate of drug-likeness (QED) is 0.895. The number of aliphatic hydroxyl groups excluding tert-OH is 1. The zero-order valence-electron chi connectivity index (χ0n) is 11.9. The number of carbonyl (C=O) groups is 1. The first-order valence-corrected chi connectivity index (χ1v) is 6.76. The number of rotatable bonds is 4. The summed E-state index contributed by atoms with van der Waals surface area (Å²) in [6, 6.07) is 4.18. The highest BCUT2D eigenvalue weighted by molar-refractivity contribution is 5.94. The summed E-state index contributed by atoms with van der Waals surface area (Å²) in [5.41, 5.74) is 0.772. The third-order valence-corrected chi connectivity index (χ3v) is 3.64. The van der Waals surface area contributed by atoms with Crippen molar-refractivity contribution in [1.29, 1.82) is 0 Å². The van der Waals surface area contributed by atoms with Crippen molar-refractivity contribution >= 4 is 5.91 Å². The molecule has 1 aromatic carbocycles. The van der Waals surface area contributed by atoms with Gasteiger partial charge in [-0.05, 0) is 18.2 Å². The maximum atomic E-state index is 13.6. The summed E-state index contributed by atoms with van der Waals surface area (Å²) >= 11 is 0. The number of amides is 1. The van der Waals surface area contributed by atoms with Crippen LogP contribution in [0.2, 0.25) is 0 Å². The molecular formula is C14H15FN4O3. The topological polar surface area (TPSA) is 80.5 Å². The van der Waals surface area contributed by atoms with E-state index in [1.54, 1.807) is 15.8 Å². The summed E-state index contributed by atoms with van der Waals surface area (Å²) in [5.74, 6) is -0.688. The van der Waals surface area contributed by atoms with Gasteiger partial charge in [0.05, 0.1) is 26.0 Å². The predicted molar refractivity (Wildman–Crippen MR) is 73.8 cm³/mol. The molecule has 0 aliphatic carbocycles. The fourth-order valence-electron chi connectivity index (χ4n) is 2.33. The van der Waals surface area contributed by atoms with Crippen molar-refractivity contribution < 1.29 is 19.0 Å². The largest absolute Gasteiger partial charge is 0.494 e. The van der Waals surface area contributed by atoms with Crippen LogP contribution in [0.1, 0.15) is 22.1 Å². The van der Waals surface area contributed by atoms with Crippen molar-refractivity contribution in [2.24, 2.45) is 0 Å². The summed E-state index contributed by atoms with van der Waals surface area (Å²) < 4.78 is 20.1. The Bertz CT molecular complexity index is 697. The third kappa shape index (κ3) is 2.52. The van der Waals surface area contributed by atoms with Crippen molar-refractivity contribution in [1.82, 2.24) is 19.9 Å². The van der Waals surface area contributed by atoms with Crippen molar-refractivity contribution in [3.8, 4) is 5.75 Å². The number of carbonyl (C=O) groups excluding carboxylic acids is 1. The molecule has 0 saturated carbocycles. The van der Waals surface area contributed by atoms with E-state index in [1.165, 1.54) is 25.3 Å². The zero-order chi connectivity index (χ0) is 15.7. The van der Waals surface area contributed by atoms with Crippen LogP contribution in [-0.2, 0) is 6.61 Å². The van der Waals surface area contributed by atoms with Crippen LogP contribution in [0, 0.1) is 5.82 Å². The van der Waals surface area contributed by atoms with Gasteiger partial charge < -0.3 is 14.7 Å². The van der Waals surface area contributed by atoms with E-state index >= 15 is 0 Å². The molecule has 1 fully saturated rings. The fourth-order valence-corrected chi connectivity index (χ4v) is 2.33. The molecule has 0 spiro atoms. The molecule has 8 heteroatoms. The standard InChI is InChI=1S/C14H15FN4O3/c1-22-13-3-2-9(4-12(13)15)14(21)18-6-11(7-18)19-5-10(8-20)16-17-19/h2-5,11,20H,6-8H2,1H3. The van der Waals surface area contributed by atoms with Gasteiger partial charge in [0.2, 0.25) is 0 Å². The Labute approximate surface area is 125 Å². The number of hydrogen-bond donors (Lipinski definition) is 1. The van der Waals surface area contributed by atoms with E-state index in [1.807, 2.05) is 0 Å². The molecule has 0 radical (unpaired) electrons. The predicted octanol–water partition coefficient (Wildman–Crippen LogP) is 0.615. The average Bonchev–Trinajstić information content (AvgIpc) is 2.94. The molecule has 22 heavy (non-hydrogen) atoms. The molecule has 0 unspecified atom stereocenters. The molecule has 0 bridgehead atoms. The Morgan fingerprint density at radius 3 is 2.86 bits per heavy atom. The Hall–Kier alpha value is -2.48.